The van der Waals surface area contributed by atoms with Gasteiger partial charge in [-0.1, -0.05) is 12.1 Å². The number of nitrogens with zero attached hydrogens (tertiary/aromatic N) is 2. The summed E-state index contributed by atoms with van der Waals surface area (Å²) in [5.74, 6) is 0.0954. The molecule has 17 heavy (non-hydrogen) atoms. The summed E-state index contributed by atoms with van der Waals surface area (Å²) in [5, 5.41) is 7.42. The standard InChI is InChI=1S/C12H14N4S/c1-16(7-11-6-15-8-17-11)10-4-2-3-9(5-10)12(13)14/h2-6,8H,7H2,1H3,(H3,13,14). The highest BCUT2D eigenvalue weighted by Crippen LogP contribution is 2.18. The van der Waals surface area contributed by atoms with Gasteiger partial charge in [0.2, 0.25) is 0 Å². The van der Waals surface area contributed by atoms with Crippen LogP contribution in [0.4, 0.5) is 5.69 Å². The maximum Gasteiger partial charge on any atom is 0.122 e. The topological polar surface area (TPSA) is 66.0 Å². The summed E-state index contributed by atoms with van der Waals surface area (Å²) in [6, 6.07) is 7.68. The lowest BCUT2D eigenvalue weighted by Gasteiger charge is -2.18. The van der Waals surface area contributed by atoms with Gasteiger partial charge in [0.05, 0.1) is 12.1 Å². The molecule has 0 aliphatic carbocycles. The van der Waals surface area contributed by atoms with Crippen molar-refractivity contribution in [1.82, 2.24) is 4.98 Å². The van der Waals surface area contributed by atoms with Crippen molar-refractivity contribution in [2.24, 2.45) is 5.73 Å². The highest BCUT2D eigenvalue weighted by atomic mass is 32.1. The second-order valence-corrected chi connectivity index (χ2v) is 4.76. The number of anilines is 1. The summed E-state index contributed by atoms with van der Waals surface area (Å²) in [5.41, 5.74) is 9.10. The fraction of sp³-hybridized carbons (Fsp3) is 0.167. The number of hydrogen-bond acceptors (Lipinski definition) is 4. The molecule has 0 bridgehead atoms. The van der Waals surface area contributed by atoms with Crippen LogP contribution in [-0.2, 0) is 6.54 Å². The van der Waals surface area contributed by atoms with Crippen molar-refractivity contribution in [3.63, 3.8) is 0 Å². The van der Waals surface area contributed by atoms with Crippen molar-refractivity contribution in [3.8, 4) is 0 Å². The number of hydrogen-bond donors (Lipinski definition) is 2. The van der Waals surface area contributed by atoms with E-state index in [1.54, 1.807) is 11.3 Å². The third kappa shape index (κ3) is 2.82. The number of amidine groups is 1. The molecular weight excluding hydrogens is 232 g/mol. The smallest absolute Gasteiger partial charge is 0.122 e. The molecule has 0 aliphatic heterocycles. The summed E-state index contributed by atoms with van der Waals surface area (Å²) >= 11 is 1.64. The monoisotopic (exact) mass is 246 g/mol. The van der Waals surface area contributed by atoms with Crippen molar-refractivity contribution in [1.29, 1.82) is 5.41 Å². The van der Waals surface area contributed by atoms with E-state index in [1.165, 1.54) is 4.88 Å². The largest absolute Gasteiger partial charge is 0.384 e. The third-order valence-corrected chi connectivity index (χ3v) is 3.24. The van der Waals surface area contributed by atoms with E-state index in [1.807, 2.05) is 43.0 Å². The molecule has 0 fully saturated rings. The van der Waals surface area contributed by atoms with Crippen molar-refractivity contribution in [2.75, 3.05) is 11.9 Å². The molecule has 1 heterocycles. The van der Waals surface area contributed by atoms with Crippen LogP contribution in [0.5, 0.6) is 0 Å². The molecule has 0 saturated carbocycles. The summed E-state index contributed by atoms with van der Waals surface area (Å²) in [6.07, 6.45) is 1.87. The van der Waals surface area contributed by atoms with Crippen LogP contribution in [0.2, 0.25) is 0 Å². The fourth-order valence-electron chi connectivity index (χ4n) is 1.56. The summed E-state index contributed by atoms with van der Waals surface area (Å²) < 4.78 is 0. The van der Waals surface area contributed by atoms with Gasteiger partial charge in [-0.25, -0.2) is 0 Å². The Morgan fingerprint density at radius 1 is 1.53 bits per heavy atom. The minimum Gasteiger partial charge on any atom is -0.384 e. The number of rotatable bonds is 4. The predicted octanol–water partition coefficient (Wildman–Crippen LogP) is 2.06. The first-order chi connectivity index (χ1) is 8.16. The Morgan fingerprint density at radius 2 is 2.35 bits per heavy atom. The van der Waals surface area contributed by atoms with E-state index in [9.17, 15) is 0 Å². The van der Waals surface area contributed by atoms with Gasteiger partial charge in [-0.2, -0.15) is 0 Å². The number of nitrogen functional groups attached to an aromatic ring is 1. The lowest BCUT2D eigenvalue weighted by molar-refractivity contribution is 0.936. The van der Waals surface area contributed by atoms with Gasteiger partial charge in [-0.15, -0.1) is 11.3 Å². The summed E-state index contributed by atoms with van der Waals surface area (Å²) in [4.78, 5) is 7.37. The highest BCUT2D eigenvalue weighted by molar-refractivity contribution is 7.09. The lowest BCUT2D eigenvalue weighted by atomic mass is 10.2. The van der Waals surface area contributed by atoms with Crippen molar-refractivity contribution in [3.05, 3.63) is 46.4 Å². The Balaban J connectivity index is 2.16. The first kappa shape index (κ1) is 11.6. The minimum absolute atomic E-state index is 0.0954. The van der Waals surface area contributed by atoms with E-state index in [0.29, 0.717) is 0 Å². The van der Waals surface area contributed by atoms with Crippen LogP contribution >= 0.6 is 11.3 Å². The van der Waals surface area contributed by atoms with E-state index >= 15 is 0 Å². The lowest BCUT2D eigenvalue weighted by Crippen LogP contribution is -2.17. The molecule has 88 valence electrons. The quantitative estimate of drug-likeness (QED) is 0.641. The van der Waals surface area contributed by atoms with E-state index in [-0.39, 0.29) is 5.84 Å². The van der Waals surface area contributed by atoms with Crippen LogP contribution in [0.15, 0.2) is 36.0 Å². The zero-order chi connectivity index (χ0) is 12.3. The molecule has 0 saturated heterocycles. The predicted molar refractivity (Wildman–Crippen MR) is 71.7 cm³/mol. The maximum atomic E-state index is 7.42. The van der Waals surface area contributed by atoms with Crippen LogP contribution < -0.4 is 10.6 Å². The third-order valence-electron chi connectivity index (χ3n) is 2.47. The molecule has 5 heteroatoms. The number of thiazole rings is 1. The molecule has 1 aromatic carbocycles. The molecule has 3 N–H and O–H groups in total. The Labute approximate surface area is 104 Å². The van der Waals surface area contributed by atoms with Gasteiger partial charge in [0.15, 0.2) is 0 Å². The number of nitrogens with two attached hydrogens (primary N) is 1. The average Bonchev–Trinajstić information content (AvgIpc) is 2.82. The van der Waals surface area contributed by atoms with Crippen LogP contribution in [0.25, 0.3) is 0 Å². The zero-order valence-electron chi connectivity index (χ0n) is 9.55. The number of benzene rings is 1. The van der Waals surface area contributed by atoms with E-state index in [2.05, 4.69) is 9.88 Å². The molecule has 0 spiro atoms. The normalized spacial score (nSPS) is 10.2. The van der Waals surface area contributed by atoms with Gasteiger partial charge >= 0.3 is 0 Å². The number of nitrogens with one attached hydrogen (secondary N) is 1. The molecule has 0 atom stereocenters. The average molecular weight is 246 g/mol. The molecule has 4 nitrogen and oxygen atoms in total. The Kier molecular flexibility index (Phi) is 3.39. The molecule has 2 aromatic rings. The Hall–Kier alpha value is -1.88. The molecule has 0 unspecified atom stereocenters. The maximum absolute atomic E-state index is 7.42. The minimum atomic E-state index is 0.0954. The van der Waals surface area contributed by atoms with Crippen molar-refractivity contribution < 1.29 is 0 Å². The van der Waals surface area contributed by atoms with Crippen molar-refractivity contribution in [2.45, 2.75) is 6.54 Å². The Morgan fingerprint density at radius 3 is 3.00 bits per heavy atom. The van der Waals surface area contributed by atoms with Crippen LogP contribution in [0, 0.1) is 5.41 Å². The van der Waals surface area contributed by atoms with E-state index in [4.69, 9.17) is 11.1 Å². The van der Waals surface area contributed by atoms with Crippen molar-refractivity contribution >= 4 is 22.9 Å². The van der Waals surface area contributed by atoms with Gasteiger partial charge in [-0.05, 0) is 12.1 Å². The molecule has 1 aromatic heterocycles. The van der Waals surface area contributed by atoms with Gasteiger partial charge in [0.1, 0.15) is 5.84 Å². The van der Waals surface area contributed by atoms with Gasteiger partial charge in [-0.3, -0.25) is 10.4 Å². The molecule has 0 amide bonds. The van der Waals surface area contributed by atoms with Gasteiger partial charge in [0.25, 0.3) is 0 Å². The molecule has 0 radical (unpaired) electrons. The van der Waals surface area contributed by atoms with E-state index < -0.39 is 0 Å². The summed E-state index contributed by atoms with van der Waals surface area (Å²) in [6.45, 7) is 0.812. The van der Waals surface area contributed by atoms with Crippen LogP contribution in [0.1, 0.15) is 10.4 Å². The molecular formula is C12H14N4S. The fourth-order valence-corrected chi connectivity index (χ4v) is 2.20. The second kappa shape index (κ2) is 4.97. The molecule has 2 rings (SSSR count). The van der Waals surface area contributed by atoms with Crippen LogP contribution in [-0.4, -0.2) is 17.9 Å². The van der Waals surface area contributed by atoms with Gasteiger partial charge < -0.3 is 10.6 Å². The second-order valence-electron chi connectivity index (χ2n) is 3.79. The zero-order valence-corrected chi connectivity index (χ0v) is 10.4. The van der Waals surface area contributed by atoms with Crippen LogP contribution in [0.3, 0.4) is 0 Å². The van der Waals surface area contributed by atoms with E-state index in [0.717, 1.165) is 17.8 Å². The SMILES string of the molecule is CN(Cc1cncs1)c1cccc(C(=N)N)c1. The summed E-state index contributed by atoms with van der Waals surface area (Å²) in [7, 11) is 2.01. The van der Waals surface area contributed by atoms with Gasteiger partial charge in [0, 0.05) is 29.4 Å². The molecule has 0 aliphatic rings. The Bertz CT molecular complexity index is 507. The first-order valence-corrected chi connectivity index (χ1v) is 6.08. The number of aromatic nitrogens is 1. The highest BCUT2D eigenvalue weighted by Gasteiger charge is 2.05. The first-order valence-electron chi connectivity index (χ1n) is 5.20.